The van der Waals surface area contributed by atoms with Gasteiger partial charge < -0.3 is 19.7 Å². The van der Waals surface area contributed by atoms with Gasteiger partial charge >= 0.3 is 6.36 Å². The van der Waals surface area contributed by atoms with Crippen molar-refractivity contribution in [3.63, 3.8) is 0 Å². The molecule has 1 aromatic heterocycles. The van der Waals surface area contributed by atoms with E-state index in [1.165, 1.54) is 12.1 Å². The molecule has 0 radical (unpaired) electrons. The van der Waals surface area contributed by atoms with Gasteiger partial charge in [0.2, 0.25) is 0 Å². The van der Waals surface area contributed by atoms with Crippen LogP contribution in [0.1, 0.15) is 12.8 Å². The van der Waals surface area contributed by atoms with Gasteiger partial charge in [0.15, 0.2) is 5.58 Å². The summed E-state index contributed by atoms with van der Waals surface area (Å²) in [4.78, 5) is 0. The average molecular weight is 364 g/mol. The van der Waals surface area contributed by atoms with Crippen LogP contribution >= 0.6 is 0 Å². The van der Waals surface area contributed by atoms with E-state index in [9.17, 15) is 13.2 Å². The molecule has 0 aliphatic heterocycles. The SMILES string of the molecule is NC1(COc2noc3ccc(-c4ccc(OC(F)(F)F)cc4)cc23)CC1. The topological polar surface area (TPSA) is 70.5 Å². The third kappa shape index (κ3) is 3.60. The predicted octanol–water partition coefficient (Wildman–Crippen LogP) is 4.26. The monoisotopic (exact) mass is 364 g/mol. The van der Waals surface area contributed by atoms with Crippen LogP contribution in [0.4, 0.5) is 13.2 Å². The number of fused-ring (bicyclic) bond motifs is 1. The maximum absolute atomic E-state index is 12.2. The van der Waals surface area contributed by atoms with E-state index in [0.29, 0.717) is 23.5 Å². The molecule has 1 fully saturated rings. The number of hydrogen-bond acceptors (Lipinski definition) is 5. The van der Waals surface area contributed by atoms with Crippen molar-refractivity contribution in [2.75, 3.05) is 6.61 Å². The van der Waals surface area contributed by atoms with Gasteiger partial charge in [0.25, 0.3) is 5.88 Å². The molecule has 0 bridgehead atoms. The van der Waals surface area contributed by atoms with E-state index in [2.05, 4.69) is 9.89 Å². The Morgan fingerprint density at radius 2 is 1.77 bits per heavy atom. The van der Waals surface area contributed by atoms with Gasteiger partial charge in [-0.3, -0.25) is 0 Å². The molecule has 2 aromatic carbocycles. The molecule has 26 heavy (non-hydrogen) atoms. The average Bonchev–Trinajstić information content (AvgIpc) is 3.18. The lowest BCUT2D eigenvalue weighted by atomic mass is 10.0. The summed E-state index contributed by atoms with van der Waals surface area (Å²) in [6.45, 7) is 0.363. The van der Waals surface area contributed by atoms with E-state index in [1.54, 1.807) is 24.3 Å². The number of rotatable bonds is 5. The van der Waals surface area contributed by atoms with E-state index in [0.717, 1.165) is 24.0 Å². The van der Waals surface area contributed by atoms with Crippen LogP contribution in [0.2, 0.25) is 0 Å². The first-order chi connectivity index (χ1) is 12.3. The van der Waals surface area contributed by atoms with Crippen LogP contribution in [0.5, 0.6) is 11.6 Å². The van der Waals surface area contributed by atoms with E-state index in [1.807, 2.05) is 6.07 Å². The minimum atomic E-state index is -4.71. The van der Waals surface area contributed by atoms with E-state index in [4.69, 9.17) is 15.0 Å². The largest absolute Gasteiger partial charge is 0.573 e. The van der Waals surface area contributed by atoms with Crippen molar-refractivity contribution < 1.29 is 27.2 Å². The number of benzene rings is 2. The van der Waals surface area contributed by atoms with Gasteiger partial charge in [-0.2, -0.15) is 0 Å². The van der Waals surface area contributed by atoms with Gasteiger partial charge in [-0.15, -0.1) is 13.2 Å². The zero-order chi connectivity index (χ0) is 18.4. The third-order valence-electron chi connectivity index (χ3n) is 4.25. The fraction of sp³-hybridized carbons (Fsp3) is 0.278. The normalized spacial score (nSPS) is 15.8. The number of nitrogens with two attached hydrogens (primary N) is 1. The first kappa shape index (κ1) is 16.7. The zero-order valence-corrected chi connectivity index (χ0v) is 13.5. The minimum Gasteiger partial charge on any atom is -0.473 e. The van der Waals surface area contributed by atoms with Crippen LogP contribution in [-0.2, 0) is 0 Å². The van der Waals surface area contributed by atoms with Gasteiger partial charge in [-0.1, -0.05) is 18.2 Å². The Morgan fingerprint density at radius 1 is 1.08 bits per heavy atom. The number of halogens is 3. The molecule has 1 aliphatic rings. The summed E-state index contributed by atoms with van der Waals surface area (Å²) in [5.41, 5.74) is 7.81. The highest BCUT2D eigenvalue weighted by molar-refractivity contribution is 5.87. The van der Waals surface area contributed by atoms with Crippen molar-refractivity contribution in [3.05, 3.63) is 42.5 Å². The Labute approximate surface area is 146 Å². The van der Waals surface area contributed by atoms with Crippen molar-refractivity contribution >= 4 is 11.0 Å². The molecule has 0 amide bonds. The van der Waals surface area contributed by atoms with Crippen LogP contribution in [-0.4, -0.2) is 23.7 Å². The van der Waals surface area contributed by atoms with Gasteiger partial charge in [0.05, 0.1) is 10.9 Å². The van der Waals surface area contributed by atoms with Crippen molar-refractivity contribution in [2.45, 2.75) is 24.7 Å². The molecule has 4 rings (SSSR count). The lowest BCUT2D eigenvalue weighted by molar-refractivity contribution is -0.274. The van der Waals surface area contributed by atoms with Crippen molar-refractivity contribution in [1.82, 2.24) is 5.16 Å². The fourth-order valence-electron chi connectivity index (χ4n) is 2.57. The Hall–Kier alpha value is -2.74. The molecule has 136 valence electrons. The molecular weight excluding hydrogens is 349 g/mol. The highest BCUT2D eigenvalue weighted by Crippen LogP contribution is 2.35. The molecule has 2 N–H and O–H groups in total. The minimum absolute atomic E-state index is 0.269. The number of ether oxygens (including phenoxy) is 2. The third-order valence-corrected chi connectivity index (χ3v) is 4.25. The lowest BCUT2D eigenvalue weighted by Gasteiger charge is -2.10. The summed E-state index contributed by atoms with van der Waals surface area (Å²) in [6, 6.07) is 11.0. The lowest BCUT2D eigenvalue weighted by Crippen LogP contribution is -2.29. The Bertz CT molecular complexity index is 931. The number of hydrogen-bond donors (Lipinski definition) is 1. The van der Waals surface area contributed by atoms with Crippen LogP contribution in [0.25, 0.3) is 22.1 Å². The zero-order valence-electron chi connectivity index (χ0n) is 13.5. The molecule has 8 heteroatoms. The molecule has 5 nitrogen and oxygen atoms in total. The summed E-state index contributed by atoms with van der Waals surface area (Å²) in [6.07, 6.45) is -2.88. The molecule has 1 aliphatic carbocycles. The number of alkyl halides is 3. The Balaban J connectivity index is 1.58. The first-order valence-electron chi connectivity index (χ1n) is 7.99. The summed E-state index contributed by atoms with van der Waals surface area (Å²) in [5.74, 6) is 0.0876. The van der Waals surface area contributed by atoms with Crippen molar-refractivity contribution in [1.29, 1.82) is 0 Å². The van der Waals surface area contributed by atoms with Crippen LogP contribution in [0.3, 0.4) is 0 Å². The predicted molar refractivity (Wildman–Crippen MR) is 87.8 cm³/mol. The molecule has 0 unspecified atom stereocenters. The van der Waals surface area contributed by atoms with Gasteiger partial charge in [0.1, 0.15) is 12.4 Å². The summed E-state index contributed by atoms with van der Waals surface area (Å²) < 4.78 is 51.5. The summed E-state index contributed by atoms with van der Waals surface area (Å²) in [5, 5.41) is 4.60. The maximum Gasteiger partial charge on any atom is 0.573 e. The molecule has 1 heterocycles. The van der Waals surface area contributed by atoms with Crippen molar-refractivity contribution in [2.24, 2.45) is 5.73 Å². The highest BCUT2D eigenvalue weighted by Gasteiger charge is 2.39. The second-order valence-electron chi connectivity index (χ2n) is 6.42. The van der Waals surface area contributed by atoms with Gasteiger partial charge in [-0.25, -0.2) is 0 Å². The van der Waals surface area contributed by atoms with E-state index in [-0.39, 0.29) is 11.3 Å². The maximum atomic E-state index is 12.2. The van der Waals surface area contributed by atoms with E-state index < -0.39 is 6.36 Å². The van der Waals surface area contributed by atoms with Crippen molar-refractivity contribution in [3.8, 4) is 22.8 Å². The molecule has 0 spiro atoms. The smallest absolute Gasteiger partial charge is 0.473 e. The summed E-state index contributed by atoms with van der Waals surface area (Å²) >= 11 is 0. The quantitative estimate of drug-likeness (QED) is 0.732. The molecule has 0 saturated heterocycles. The second kappa shape index (κ2) is 5.91. The van der Waals surface area contributed by atoms with Gasteiger partial charge in [-0.05, 0) is 53.4 Å². The number of aromatic nitrogens is 1. The van der Waals surface area contributed by atoms with Gasteiger partial charge in [0, 0.05) is 0 Å². The van der Waals surface area contributed by atoms with Crippen LogP contribution in [0, 0.1) is 0 Å². The Morgan fingerprint density at radius 3 is 2.42 bits per heavy atom. The molecular formula is C18H15F3N2O3. The second-order valence-corrected chi connectivity index (χ2v) is 6.42. The highest BCUT2D eigenvalue weighted by atomic mass is 19.4. The molecule has 1 saturated carbocycles. The van der Waals surface area contributed by atoms with E-state index >= 15 is 0 Å². The Kier molecular flexibility index (Phi) is 3.80. The fourth-order valence-corrected chi connectivity index (χ4v) is 2.57. The van der Waals surface area contributed by atoms with Crippen LogP contribution < -0.4 is 15.2 Å². The molecule has 3 aromatic rings. The van der Waals surface area contributed by atoms with Crippen LogP contribution in [0.15, 0.2) is 47.0 Å². The number of nitrogens with zero attached hydrogens (tertiary/aromatic N) is 1. The molecule has 0 atom stereocenters. The first-order valence-corrected chi connectivity index (χ1v) is 7.99. The summed E-state index contributed by atoms with van der Waals surface area (Å²) in [7, 11) is 0. The standard InChI is InChI=1S/C18H15F3N2O3/c19-18(20,21)25-13-4-1-11(2-5-13)12-3-6-15-14(9-12)16(23-26-15)24-10-17(22)7-8-17/h1-6,9H,7-8,10,22H2.